The molecule has 2 nitrogen and oxygen atoms in total. The zero-order chi connectivity index (χ0) is 9.84. The normalized spacial score (nSPS) is 10.5. The number of benzene rings is 1. The fraction of sp³-hybridized carbons (Fsp3) is 0.250. The Morgan fingerprint density at radius 2 is 1.77 bits per heavy atom. The maximum absolute atomic E-state index is 12.9. The minimum absolute atomic E-state index is 0.144. The van der Waals surface area contributed by atoms with E-state index in [4.69, 9.17) is 0 Å². The molecule has 0 saturated carbocycles. The van der Waals surface area contributed by atoms with Crippen molar-refractivity contribution in [3.8, 4) is 0 Å². The molecule has 1 rings (SSSR count). The molecular weight excluding hydrogens is 183 g/mol. The summed E-state index contributed by atoms with van der Waals surface area (Å²) >= 11 is 0. The standard InChI is InChI=1S/C8H8F3NO/c1-13-12-4-6-7(10)2-5(9)3-8(6)11/h2-3,12H,4H2,1H3. The molecule has 0 heterocycles. The highest BCUT2D eigenvalue weighted by Gasteiger charge is 2.10. The van der Waals surface area contributed by atoms with E-state index in [1.54, 1.807) is 0 Å². The average Bonchev–Trinajstić information content (AvgIpc) is 2.02. The average molecular weight is 191 g/mol. The van der Waals surface area contributed by atoms with Crippen molar-refractivity contribution in [2.24, 2.45) is 0 Å². The van der Waals surface area contributed by atoms with Gasteiger partial charge in [-0.2, -0.15) is 5.48 Å². The van der Waals surface area contributed by atoms with E-state index in [-0.39, 0.29) is 12.1 Å². The van der Waals surface area contributed by atoms with Gasteiger partial charge in [-0.3, -0.25) is 0 Å². The lowest BCUT2D eigenvalue weighted by Crippen LogP contribution is -2.13. The van der Waals surface area contributed by atoms with Gasteiger partial charge >= 0.3 is 0 Å². The quantitative estimate of drug-likeness (QED) is 0.735. The smallest absolute Gasteiger partial charge is 0.133 e. The minimum Gasteiger partial charge on any atom is -0.305 e. The molecule has 13 heavy (non-hydrogen) atoms. The van der Waals surface area contributed by atoms with Crippen LogP contribution in [0.1, 0.15) is 5.56 Å². The summed E-state index contributed by atoms with van der Waals surface area (Å²) in [6, 6.07) is 1.24. The molecular formula is C8H8F3NO. The number of hydrogen-bond acceptors (Lipinski definition) is 2. The van der Waals surface area contributed by atoms with E-state index in [9.17, 15) is 13.2 Å². The third kappa shape index (κ3) is 2.43. The number of hydrogen-bond donors (Lipinski definition) is 1. The van der Waals surface area contributed by atoms with Crippen LogP contribution < -0.4 is 5.48 Å². The largest absolute Gasteiger partial charge is 0.305 e. The van der Waals surface area contributed by atoms with Gasteiger partial charge in [-0.05, 0) is 0 Å². The Labute approximate surface area is 73.3 Å². The van der Waals surface area contributed by atoms with Crippen LogP contribution >= 0.6 is 0 Å². The summed E-state index contributed by atoms with van der Waals surface area (Å²) in [4.78, 5) is 4.41. The van der Waals surface area contributed by atoms with Crippen molar-refractivity contribution in [3.63, 3.8) is 0 Å². The maximum atomic E-state index is 12.9. The molecule has 1 N–H and O–H groups in total. The molecule has 1 aromatic rings. The highest BCUT2D eigenvalue weighted by Crippen LogP contribution is 2.14. The Morgan fingerprint density at radius 1 is 1.23 bits per heavy atom. The maximum Gasteiger partial charge on any atom is 0.133 e. The zero-order valence-electron chi connectivity index (χ0n) is 6.90. The lowest BCUT2D eigenvalue weighted by Gasteiger charge is -2.04. The second-order valence-corrected chi connectivity index (χ2v) is 2.37. The molecule has 0 radical (unpaired) electrons. The Hall–Kier alpha value is -1.07. The summed E-state index contributed by atoms with van der Waals surface area (Å²) < 4.78 is 38.1. The van der Waals surface area contributed by atoms with Crippen LogP contribution in [0, 0.1) is 17.5 Å². The minimum atomic E-state index is -0.934. The Morgan fingerprint density at radius 3 is 2.23 bits per heavy atom. The molecule has 0 aliphatic carbocycles. The molecule has 72 valence electrons. The van der Waals surface area contributed by atoms with Crippen molar-refractivity contribution in [1.29, 1.82) is 0 Å². The first-order valence-electron chi connectivity index (χ1n) is 3.54. The second-order valence-electron chi connectivity index (χ2n) is 2.37. The lowest BCUT2D eigenvalue weighted by molar-refractivity contribution is 0.0850. The number of halogens is 3. The SMILES string of the molecule is CONCc1c(F)cc(F)cc1F. The zero-order valence-corrected chi connectivity index (χ0v) is 6.90. The van der Waals surface area contributed by atoms with Gasteiger partial charge in [0, 0.05) is 17.7 Å². The monoisotopic (exact) mass is 191 g/mol. The van der Waals surface area contributed by atoms with Crippen LogP contribution in [0.2, 0.25) is 0 Å². The summed E-state index contributed by atoms with van der Waals surface area (Å²) in [6.45, 7) is -0.144. The van der Waals surface area contributed by atoms with Gasteiger partial charge in [-0.25, -0.2) is 13.2 Å². The predicted octanol–water partition coefficient (Wildman–Crippen LogP) is 1.75. The van der Waals surface area contributed by atoms with Crippen LogP contribution in [0.5, 0.6) is 0 Å². The van der Waals surface area contributed by atoms with Gasteiger partial charge in [0.05, 0.1) is 13.7 Å². The van der Waals surface area contributed by atoms with Crippen LogP contribution in [0.3, 0.4) is 0 Å². The molecule has 0 fully saturated rings. The fourth-order valence-corrected chi connectivity index (χ4v) is 0.885. The van der Waals surface area contributed by atoms with E-state index in [0.29, 0.717) is 12.1 Å². The summed E-state index contributed by atoms with van der Waals surface area (Å²) in [5, 5.41) is 0. The van der Waals surface area contributed by atoms with E-state index in [1.165, 1.54) is 7.11 Å². The number of nitrogens with one attached hydrogen (secondary N) is 1. The second kappa shape index (κ2) is 4.25. The highest BCUT2D eigenvalue weighted by molar-refractivity contribution is 5.20. The van der Waals surface area contributed by atoms with Gasteiger partial charge in [0.15, 0.2) is 0 Å². The molecule has 0 aromatic heterocycles. The molecule has 0 atom stereocenters. The molecule has 1 aromatic carbocycles. The predicted molar refractivity (Wildman–Crippen MR) is 40.2 cm³/mol. The first-order valence-corrected chi connectivity index (χ1v) is 3.54. The van der Waals surface area contributed by atoms with Crippen LogP contribution in [0.25, 0.3) is 0 Å². The summed E-state index contributed by atoms with van der Waals surface area (Å²) in [6.07, 6.45) is 0. The Bertz CT molecular complexity index is 280. The van der Waals surface area contributed by atoms with Crippen molar-refractivity contribution < 1.29 is 18.0 Å². The summed E-state index contributed by atoms with van der Waals surface area (Å²) in [7, 11) is 1.32. The molecule has 0 aliphatic rings. The molecule has 0 saturated heterocycles. The van der Waals surface area contributed by atoms with E-state index in [0.717, 1.165) is 0 Å². The lowest BCUT2D eigenvalue weighted by atomic mass is 10.2. The van der Waals surface area contributed by atoms with E-state index in [2.05, 4.69) is 10.3 Å². The van der Waals surface area contributed by atoms with Crippen LogP contribution in [0.4, 0.5) is 13.2 Å². The summed E-state index contributed by atoms with van der Waals surface area (Å²) in [5.74, 6) is -2.79. The fourth-order valence-electron chi connectivity index (χ4n) is 0.885. The van der Waals surface area contributed by atoms with Gasteiger partial charge in [0.2, 0.25) is 0 Å². The van der Waals surface area contributed by atoms with Gasteiger partial charge in [-0.1, -0.05) is 0 Å². The van der Waals surface area contributed by atoms with Crippen LogP contribution in [-0.2, 0) is 11.4 Å². The molecule has 0 amide bonds. The van der Waals surface area contributed by atoms with Crippen molar-refractivity contribution in [2.45, 2.75) is 6.54 Å². The molecule has 0 bridgehead atoms. The van der Waals surface area contributed by atoms with Crippen molar-refractivity contribution in [1.82, 2.24) is 5.48 Å². The third-order valence-electron chi connectivity index (χ3n) is 1.50. The first-order chi connectivity index (χ1) is 6.15. The van der Waals surface area contributed by atoms with E-state index >= 15 is 0 Å². The van der Waals surface area contributed by atoms with Crippen molar-refractivity contribution in [2.75, 3.05) is 7.11 Å². The van der Waals surface area contributed by atoms with Gasteiger partial charge < -0.3 is 4.84 Å². The topological polar surface area (TPSA) is 21.3 Å². The highest BCUT2D eigenvalue weighted by atomic mass is 19.1. The van der Waals surface area contributed by atoms with Gasteiger partial charge in [0.1, 0.15) is 17.5 Å². The van der Waals surface area contributed by atoms with E-state index in [1.807, 2.05) is 0 Å². The number of hydroxylamine groups is 1. The van der Waals surface area contributed by atoms with Crippen LogP contribution in [-0.4, -0.2) is 7.11 Å². The molecule has 0 aliphatic heterocycles. The summed E-state index contributed by atoms with van der Waals surface area (Å²) in [5.41, 5.74) is 2.02. The van der Waals surface area contributed by atoms with Gasteiger partial charge in [0.25, 0.3) is 0 Å². The van der Waals surface area contributed by atoms with Crippen LogP contribution in [0.15, 0.2) is 12.1 Å². The van der Waals surface area contributed by atoms with Crippen molar-refractivity contribution in [3.05, 3.63) is 35.1 Å². The molecule has 0 unspecified atom stereocenters. The Balaban J connectivity index is 2.92. The van der Waals surface area contributed by atoms with E-state index < -0.39 is 17.5 Å². The first kappa shape index (κ1) is 10.0. The molecule has 5 heteroatoms. The number of rotatable bonds is 3. The molecule has 0 spiro atoms. The van der Waals surface area contributed by atoms with Crippen molar-refractivity contribution >= 4 is 0 Å². The third-order valence-corrected chi connectivity index (χ3v) is 1.50. The Kier molecular flexibility index (Phi) is 3.27. The van der Waals surface area contributed by atoms with Gasteiger partial charge in [-0.15, -0.1) is 0 Å².